The smallest absolute Gasteiger partial charge is 0.240 e. The maximum Gasteiger partial charge on any atom is 0.240 e. The zero-order valence-electron chi connectivity index (χ0n) is 13.9. The summed E-state index contributed by atoms with van der Waals surface area (Å²) in [6, 6.07) is 5.86. The second kappa shape index (κ2) is 7.74. The Bertz CT molecular complexity index is 656. The summed E-state index contributed by atoms with van der Waals surface area (Å²) in [4.78, 5) is 37.5. The molecule has 0 spiro atoms. The van der Waals surface area contributed by atoms with Gasteiger partial charge in [0.1, 0.15) is 12.4 Å². The van der Waals surface area contributed by atoms with Gasteiger partial charge < -0.3 is 10.1 Å². The van der Waals surface area contributed by atoms with Crippen molar-refractivity contribution in [2.24, 2.45) is 5.92 Å². The van der Waals surface area contributed by atoms with Crippen LogP contribution in [0.15, 0.2) is 24.3 Å². The maximum absolute atomic E-state index is 12.9. The van der Waals surface area contributed by atoms with Gasteiger partial charge in [0.25, 0.3) is 0 Å². The fraction of sp³-hybridized carbons (Fsp3) is 0.500. The summed E-state index contributed by atoms with van der Waals surface area (Å²) >= 11 is 0. The summed E-state index contributed by atoms with van der Waals surface area (Å²) in [7, 11) is 0. The molecule has 2 fully saturated rings. The van der Waals surface area contributed by atoms with Gasteiger partial charge in [-0.2, -0.15) is 0 Å². The van der Waals surface area contributed by atoms with E-state index < -0.39 is 5.92 Å². The molecule has 3 amide bonds. The van der Waals surface area contributed by atoms with Crippen LogP contribution in [0.3, 0.4) is 0 Å². The maximum atomic E-state index is 12.9. The van der Waals surface area contributed by atoms with Gasteiger partial charge in [-0.25, -0.2) is 4.39 Å². The predicted octanol–water partition coefficient (Wildman–Crippen LogP) is 1.04. The van der Waals surface area contributed by atoms with E-state index in [0.29, 0.717) is 19.6 Å². The van der Waals surface area contributed by atoms with Gasteiger partial charge in [0.15, 0.2) is 0 Å². The first kappa shape index (κ1) is 17.5. The molecule has 2 aliphatic heterocycles. The van der Waals surface area contributed by atoms with E-state index >= 15 is 0 Å². The molecule has 0 radical (unpaired) electrons. The van der Waals surface area contributed by atoms with Gasteiger partial charge in [-0.1, -0.05) is 12.1 Å². The Kier molecular flexibility index (Phi) is 5.43. The van der Waals surface area contributed by atoms with Crippen LogP contribution >= 0.6 is 0 Å². The number of amides is 3. The Labute approximate surface area is 145 Å². The Hall–Kier alpha value is -2.28. The third-order valence-electron chi connectivity index (χ3n) is 4.59. The Balaban J connectivity index is 1.51. The zero-order chi connectivity index (χ0) is 17.8. The molecule has 0 unspecified atom stereocenters. The standard InChI is InChI=1S/C18H21FN2O4/c19-14-5-3-12(4-6-14)8-13-9-17(23)21(18(13)24)11-16(22)20-10-15-2-1-7-25-15/h3-6,13,15H,1-2,7-11H2,(H,20,22)/t13-,15+/m0/s1. The first-order valence-corrected chi connectivity index (χ1v) is 8.50. The molecule has 2 saturated heterocycles. The highest BCUT2D eigenvalue weighted by Gasteiger charge is 2.39. The van der Waals surface area contributed by atoms with Gasteiger partial charge in [-0.3, -0.25) is 19.3 Å². The van der Waals surface area contributed by atoms with Crippen LogP contribution < -0.4 is 5.32 Å². The first-order valence-electron chi connectivity index (χ1n) is 8.50. The number of likely N-dealkylation sites (tertiary alicyclic amines) is 1. The largest absolute Gasteiger partial charge is 0.376 e. The highest BCUT2D eigenvalue weighted by molar-refractivity contribution is 6.06. The molecule has 1 N–H and O–H groups in total. The van der Waals surface area contributed by atoms with Gasteiger partial charge in [0, 0.05) is 19.6 Å². The number of halogens is 1. The second-order valence-electron chi connectivity index (χ2n) is 6.49. The van der Waals surface area contributed by atoms with Crippen LogP contribution in [0, 0.1) is 11.7 Å². The number of nitrogens with one attached hydrogen (secondary N) is 1. The second-order valence-corrected chi connectivity index (χ2v) is 6.49. The quantitative estimate of drug-likeness (QED) is 0.780. The number of hydrogen-bond acceptors (Lipinski definition) is 4. The van der Waals surface area contributed by atoms with E-state index in [1.807, 2.05) is 0 Å². The molecule has 7 heteroatoms. The monoisotopic (exact) mass is 348 g/mol. The summed E-state index contributed by atoms with van der Waals surface area (Å²) in [6.07, 6.45) is 2.34. The van der Waals surface area contributed by atoms with Crippen LogP contribution in [0.4, 0.5) is 4.39 Å². The molecule has 2 heterocycles. The first-order chi connectivity index (χ1) is 12.0. The lowest BCUT2D eigenvalue weighted by Gasteiger charge is -2.16. The molecule has 1 aromatic carbocycles. The molecule has 0 bridgehead atoms. The number of benzene rings is 1. The highest BCUT2D eigenvalue weighted by atomic mass is 19.1. The van der Waals surface area contributed by atoms with E-state index in [1.165, 1.54) is 12.1 Å². The molecular weight excluding hydrogens is 327 g/mol. The third kappa shape index (κ3) is 4.42. The van der Waals surface area contributed by atoms with Crippen molar-refractivity contribution in [2.45, 2.75) is 31.8 Å². The number of ether oxygens (including phenoxy) is 1. The molecule has 25 heavy (non-hydrogen) atoms. The Morgan fingerprint density at radius 2 is 2.04 bits per heavy atom. The SMILES string of the molecule is O=C(CN1C(=O)C[C@H](Cc2ccc(F)cc2)C1=O)NC[C@H]1CCCO1. The van der Waals surface area contributed by atoms with Crippen molar-refractivity contribution in [3.63, 3.8) is 0 Å². The highest BCUT2D eigenvalue weighted by Crippen LogP contribution is 2.23. The van der Waals surface area contributed by atoms with Crippen LogP contribution in [-0.4, -0.2) is 48.4 Å². The minimum Gasteiger partial charge on any atom is -0.376 e. The van der Waals surface area contributed by atoms with Gasteiger partial charge in [0.05, 0.1) is 12.0 Å². The van der Waals surface area contributed by atoms with Crippen molar-refractivity contribution in [3.8, 4) is 0 Å². The van der Waals surface area contributed by atoms with Gasteiger partial charge in [-0.15, -0.1) is 0 Å². The fourth-order valence-electron chi connectivity index (χ4n) is 3.21. The Morgan fingerprint density at radius 3 is 2.72 bits per heavy atom. The lowest BCUT2D eigenvalue weighted by Crippen LogP contribution is -2.42. The molecule has 0 aromatic heterocycles. The summed E-state index contributed by atoms with van der Waals surface area (Å²) in [5.74, 6) is -1.89. The van der Waals surface area contributed by atoms with Crippen molar-refractivity contribution in [1.29, 1.82) is 0 Å². The molecule has 0 saturated carbocycles. The number of rotatable bonds is 6. The lowest BCUT2D eigenvalue weighted by atomic mass is 9.98. The van der Waals surface area contributed by atoms with Gasteiger partial charge >= 0.3 is 0 Å². The van der Waals surface area contributed by atoms with Crippen molar-refractivity contribution in [1.82, 2.24) is 10.2 Å². The van der Waals surface area contributed by atoms with E-state index in [4.69, 9.17) is 4.74 Å². The molecular formula is C18H21FN2O4. The van der Waals surface area contributed by atoms with E-state index in [-0.39, 0.29) is 42.6 Å². The average Bonchev–Trinajstić information content (AvgIpc) is 3.19. The summed E-state index contributed by atoms with van der Waals surface area (Å²) in [5.41, 5.74) is 0.789. The van der Waals surface area contributed by atoms with Crippen molar-refractivity contribution >= 4 is 17.7 Å². The zero-order valence-corrected chi connectivity index (χ0v) is 13.9. The molecule has 134 valence electrons. The fourth-order valence-corrected chi connectivity index (χ4v) is 3.21. The minimum absolute atomic E-state index is 0.0140. The van der Waals surface area contributed by atoms with E-state index in [0.717, 1.165) is 23.3 Å². The van der Waals surface area contributed by atoms with Crippen molar-refractivity contribution < 1.29 is 23.5 Å². The molecule has 3 rings (SSSR count). The topological polar surface area (TPSA) is 75.7 Å². The summed E-state index contributed by atoms with van der Waals surface area (Å²) in [5, 5.41) is 2.71. The van der Waals surface area contributed by atoms with Crippen LogP contribution in [0.1, 0.15) is 24.8 Å². The van der Waals surface area contributed by atoms with Crippen LogP contribution in [-0.2, 0) is 25.5 Å². The van der Waals surface area contributed by atoms with Gasteiger partial charge in [0.2, 0.25) is 17.7 Å². The van der Waals surface area contributed by atoms with Crippen LogP contribution in [0.5, 0.6) is 0 Å². The average molecular weight is 348 g/mol. The number of imide groups is 1. The van der Waals surface area contributed by atoms with Crippen molar-refractivity contribution in [3.05, 3.63) is 35.6 Å². The molecule has 2 atom stereocenters. The predicted molar refractivity (Wildman–Crippen MR) is 86.9 cm³/mol. The van der Waals surface area contributed by atoms with Crippen molar-refractivity contribution in [2.75, 3.05) is 19.7 Å². The number of carbonyl (C=O) groups is 3. The van der Waals surface area contributed by atoms with E-state index in [1.54, 1.807) is 12.1 Å². The summed E-state index contributed by atoms with van der Waals surface area (Å²) in [6.45, 7) is 0.840. The molecule has 2 aliphatic rings. The summed E-state index contributed by atoms with van der Waals surface area (Å²) < 4.78 is 18.4. The number of hydrogen-bond donors (Lipinski definition) is 1. The van der Waals surface area contributed by atoms with Crippen LogP contribution in [0.25, 0.3) is 0 Å². The van der Waals surface area contributed by atoms with E-state index in [2.05, 4.69) is 5.32 Å². The third-order valence-corrected chi connectivity index (χ3v) is 4.59. The lowest BCUT2D eigenvalue weighted by molar-refractivity contribution is -0.143. The molecule has 0 aliphatic carbocycles. The van der Waals surface area contributed by atoms with Crippen LogP contribution in [0.2, 0.25) is 0 Å². The molecule has 1 aromatic rings. The van der Waals surface area contributed by atoms with Gasteiger partial charge in [-0.05, 0) is 37.0 Å². The minimum atomic E-state index is -0.496. The normalized spacial score (nSPS) is 23.3. The number of carbonyl (C=O) groups excluding carboxylic acids is 3. The Morgan fingerprint density at radius 1 is 1.28 bits per heavy atom. The number of nitrogens with zero attached hydrogens (tertiary/aromatic N) is 1. The molecule has 6 nitrogen and oxygen atoms in total. The van der Waals surface area contributed by atoms with E-state index in [9.17, 15) is 18.8 Å².